The summed E-state index contributed by atoms with van der Waals surface area (Å²) in [5.41, 5.74) is -4.53. The van der Waals surface area contributed by atoms with Crippen LogP contribution in [0, 0.1) is 0 Å². The number of benzene rings is 1. The Morgan fingerprint density at radius 3 is 2.31 bits per heavy atom. The van der Waals surface area contributed by atoms with E-state index in [1.165, 1.54) is 4.90 Å². The van der Waals surface area contributed by atoms with E-state index in [9.17, 15) is 45.8 Å². The third-order valence-corrected chi connectivity index (χ3v) is 11.5. The van der Waals surface area contributed by atoms with E-state index < -0.39 is 63.1 Å². The highest BCUT2D eigenvalue weighted by molar-refractivity contribution is 7.10. The lowest BCUT2D eigenvalue weighted by atomic mass is 9.78. The molecule has 324 valence electrons. The van der Waals surface area contributed by atoms with E-state index in [4.69, 9.17) is 14.2 Å². The van der Waals surface area contributed by atoms with Gasteiger partial charge in [0.2, 0.25) is 5.60 Å². The molecule has 2 saturated heterocycles. The molecule has 5 rings (SSSR count). The number of alkyl halides is 6. The van der Waals surface area contributed by atoms with E-state index in [-0.39, 0.29) is 69.9 Å². The Bertz CT molecular complexity index is 1920. The largest absolute Gasteiger partial charge is 0.474 e. The molecule has 2 aliphatic rings. The SMILES string of the molecule is CCC[C@H]1N(C(=O)c2ncccc2C(F)(F)F)CCC[C@@]1(Oc1csc(C(F)(F)F)c1)C(=O)N1CCC(O)(c2ccccc2CCOCCCC(=O)OC(C)(C)C)CC1. The number of aliphatic hydroxyl groups is 1. The molecule has 2 amide bonds. The highest BCUT2D eigenvalue weighted by Crippen LogP contribution is 2.44. The molecule has 0 spiro atoms. The molecule has 2 aromatic heterocycles. The Balaban J connectivity index is 1.37. The van der Waals surface area contributed by atoms with Gasteiger partial charge in [0.05, 0.1) is 23.8 Å². The second kappa shape index (κ2) is 18.6. The zero-order valence-electron chi connectivity index (χ0n) is 33.6. The number of thiophene rings is 1. The van der Waals surface area contributed by atoms with E-state index in [2.05, 4.69) is 4.98 Å². The molecule has 2 atom stereocenters. The van der Waals surface area contributed by atoms with Gasteiger partial charge in [0.1, 0.15) is 21.9 Å². The van der Waals surface area contributed by atoms with Gasteiger partial charge in [-0.05, 0) is 82.6 Å². The number of likely N-dealkylation sites (tertiary alicyclic amines) is 2. The molecule has 0 unspecified atom stereocenters. The minimum absolute atomic E-state index is 0.0125. The summed E-state index contributed by atoms with van der Waals surface area (Å²) in [4.78, 5) is 46.5. The van der Waals surface area contributed by atoms with Crippen LogP contribution in [0.3, 0.4) is 0 Å². The van der Waals surface area contributed by atoms with Crippen LogP contribution in [0.4, 0.5) is 26.3 Å². The quantitative estimate of drug-likeness (QED) is 0.0974. The van der Waals surface area contributed by atoms with Gasteiger partial charge >= 0.3 is 18.3 Å². The van der Waals surface area contributed by atoms with Crippen molar-refractivity contribution in [2.75, 3.05) is 32.8 Å². The van der Waals surface area contributed by atoms with Crippen LogP contribution in [0.1, 0.15) is 111 Å². The van der Waals surface area contributed by atoms with Gasteiger partial charge in [0.15, 0.2) is 0 Å². The highest BCUT2D eigenvalue weighted by atomic mass is 32.1. The number of carbonyl (C=O) groups is 3. The van der Waals surface area contributed by atoms with Gasteiger partial charge in [-0.1, -0.05) is 37.6 Å². The second-order valence-electron chi connectivity index (χ2n) is 16.0. The molecule has 1 aromatic carbocycles. The molecule has 0 aliphatic carbocycles. The van der Waals surface area contributed by atoms with E-state index >= 15 is 0 Å². The van der Waals surface area contributed by atoms with Crippen LogP contribution in [0.5, 0.6) is 5.75 Å². The van der Waals surface area contributed by atoms with Crippen LogP contribution in [-0.2, 0) is 43.4 Å². The molecule has 0 radical (unpaired) electrons. The number of halogens is 6. The number of esters is 1. The average Bonchev–Trinajstić information content (AvgIpc) is 3.65. The first kappa shape index (κ1) is 45.9. The zero-order valence-corrected chi connectivity index (χ0v) is 34.4. The van der Waals surface area contributed by atoms with Crippen LogP contribution < -0.4 is 4.74 Å². The van der Waals surface area contributed by atoms with Crippen LogP contribution in [0.2, 0.25) is 0 Å². The van der Waals surface area contributed by atoms with Crippen molar-refractivity contribution in [1.29, 1.82) is 0 Å². The monoisotopic (exact) mass is 855 g/mol. The first-order chi connectivity index (χ1) is 27.7. The molecule has 1 N–H and O–H groups in total. The number of nitrogens with zero attached hydrogens (tertiary/aromatic N) is 3. The molecular weight excluding hydrogens is 805 g/mol. The van der Waals surface area contributed by atoms with Crippen molar-refractivity contribution in [1.82, 2.24) is 14.8 Å². The topological polar surface area (TPSA) is 119 Å². The van der Waals surface area contributed by atoms with Crippen molar-refractivity contribution >= 4 is 29.1 Å². The van der Waals surface area contributed by atoms with E-state index in [1.807, 2.05) is 18.2 Å². The predicted octanol–water partition coefficient (Wildman–Crippen LogP) is 8.59. The molecule has 0 saturated carbocycles. The van der Waals surface area contributed by atoms with Crippen LogP contribution in [0.25, 0.3) is 0 Å². The Labute approximate surface area is 343 Å². The van der Waals surface area contributed by atoms with Crippen molar-refractivity contribution in [3.8, 4) is 5.75 Å². The molecule has 10 nitrogen and oxygen atoms in total. The number of aromatic nitrogens is 1. The first-order valence-corrected chi connectivity index (χ1v) is 20.6. The lowest BCUT2D eigenvalue weighted by molar-refractivity contribution is -0.163. The maximum atomic E-state index is 15.0. The Morgan fingerprint density at radius 2 is 1.66 bits per heavy atom. The van der Waals surface area contributed by atoms with Crippen LogP contribution in [-0.4, -0.2) is 87.8 Å². The third-order valence-electron chi connectivity index (χ3n) is 10.5. The fourth-order valence-corrected chi connectivity index (χ4v) is 8.56. The molecule has 2 fully saturated rings. The highest BCUT2D eigenvalue weighted by Gasteiger charge is 2.56. The van der Waals surface area contributed by atoms with Crippen LogP contribution >= 0.6 is 11.3 Å². The maximum absolute atomic E-state index is 15.0. The van der Waals surface area contributed by atoms with Gasteiger partial charge in [0.25, 0.3) is 11.8 Å². The molecule has 0 bridgehead atoms. The second-order valence-corrected chi connectivity index (χ2v) is 16.9. The number of rotatable bonds is 14. The summed E-state index contributed by atoms with van der Waals surface area (Å²) in [7, 11) is 0. The number of pyridine rings is 1. The molecule has 17 heteroatoms. The van der Waals surface area contributed by atoms with Crippen molar-refractivity contribution in [2.45, 2.75) is 121 Å². The number of piperidine rings is 2. The molecular formula is C42H51F6N3O7S. The normalized spacial score (nSPS) is 20.0. The summed E-state index contributed by atoms with van der Waals surface area (Å²) in [5, 5.41) is 13.2. The van der Waals surface area contributed by atoms with Gasteiger partial charge in [-0.2, -0.15) is 26.3 Å². The molecule has 59 heavy (non-hydrogen) atoms. The fourth-order valence-electron chi connectivity index (χ4n) is 7.88. The Morgan fingerprint density at radius 1 is 0.949 bits per heavy atom. The molecule has 4 heterocycles. The summed E-state index contributed by atoms with van der Waals surface area (Å²) >= 11 is 0.374. The van der Waals surface area contributed by atoms with Gasteiger partial charge < -0.3 is 29.1 Å². The predicted molar refractivity (Wildman–Crippen MR) is 207 cm³/mol. The minimum atomic E-state index is -4.91. The van der Waals surface area contributed by atoms with Crippen molar-refractivity contribution < 1.29 is 60.0 Å². The number of carbonyl (C=O) groups excluding carboxylic acids is 3. The number of ether oxygens (including phenoxy) is 3. The zero-order chi connectivity index (χ0) is 43.2. The number of hydrogen-bond donors (Lipinski definition) is 1. The fraction of sp³-hybridized carbons (Fsp3) is 0.571. The summed E-state index contributed by atoms with van der Waals surface area (Å²) in [6.07, 6.45) is -6.73. The molecule has 3 aromatic rings. The van der Waals surface area contributed by atoms with Gasteiger partial charge in [0, 0.05) is 56.7 Å². The van der Waals surface area contributed by atoms with Gasteiger partial charge in [-0.25, -0.2) is 0 Å². The average molecular weight is 856 g/mol. The summed E-state index contributed by atoms with van der Waals surface area (Å²) in [6.45, 7) is 7.79. The lowest BCUT2D eigenvalue weighted by Crippen LogP contribution is -2.68. The van der Waals surface area contributed by atoms with Crippen molar-refractivity contribution in [2.24, 2.45) is 0 Å². The van der Waals surface area contributed by atoms with Crippen LogP contribution in [0.15, 0.2) is 54.0 Å². The number of hydrogen-bond acceptors (Lipinski definition) is 9. The standard InChI is InChI=1S/C42H51F6N3O7S/c1-5-11-32-40(57-29-26-33(59-27-29)42(46,47)48,17-10-21-51(32)36(53)35-31(41(43,44)45)14-8-20-49-35)37(54)50-22-18-39(55,19-23-50)30-13-7-6-12-28(30)16-25-56-24-9-15-34(52)58-38(2,3)4/h6-8,12-14,20,26-27,32,55H,5,9-11,15-19,21-25H2,1-4H3/t32-,40+/m1/s1. The summed E-state index contributed by atoms with van der Waals surface area (Å²) in [5.74, 6) is -2.28. The third kappa shape index (κ3) is 11.1. The Hall–Kier alpha value is -4.22. The maximum Gasteiger partial charge on any atom is 0.425 e. The van der Waals surface area contributed by atoms with Crippen molar-refractivity contribution in [3.63, 3.8) is 0 Å². The minimum Gasteiger partial charge on any atom is -0.474 e. The van der Waals surface area contributed by atoms with E-state index in [0.717, 1.165) is 40.2 Å². The first-order valence-electron chi connectivity index (χ1n) is 19.8. The smallest absolute Gasteiger partial charge is 0.425 e. The van der Waals surface area contributed by atoms with E-state index in [0.29, 0.717) is 49.4 Å². The summed E-state index contributed by atoms with van der Waals surface area (Å²) < 4.78 is 101. The summed E-state index contributed by atoms with van der Waals surface area (Å²) in [6, 6.07) is 8.73. The lowest BCUT2D eigenvalue weighted by Gasteiger charge is -2.51. The van der Waals surface area contributed by atoms with Gasteiger partial charge in [-0.3, -0.25) is 19.4 Å². The number of amides is 2. The van der Waals surface area contributed by atoms with Crippen molar-refractivity contribution in [3.05, 3.63) is 81.3 Å². The van der Waals surface area contributed by atoms with Gasteiger partial charge in [-0.15, -0.1) is 11.3 Å². The Kier molecular flexibility index (Phi) is 14.4. The molecule has 2 aliphatic heterocycles. The van der Waals surface area contributed by atoms with E-state index in [1.54, 1.807) is 33.8 Å².